The highest BCUT2D eigenvalue weighted by Crippen LogP contribution is 2.52. The lowest BCUT2D eigenvalue weighted by molar-refractivity contribution is 0.458. The Kier molecular flexibility index (Phi) is 5.98. The van der Waals surface area contributed by atoms with Crippen molar-refractivity contribution in [2.75, 3.05) is 0 Å². The maximum atomic E-state index is 2.47. The maximum Gasteiger partial charge on any atom is 0.0147 e. The normalized spacial score (nSPS) is 17.4. The van der Waals surface area contributed by atoms with E-state index in [0.29, 0.717) is 5.92 Å². The molecule has 1 unspecified atom stereocenters. The van der Waals surface area contributed by atoms with E-state index in [4.69, 9.17) is 0 Å². The summed E-state index contributed by atoms with van der Waals surface area (Å²) in [6.45, 7) is 23.4. The van der Waals surface area contributed by atoms with Gasteiger partial charge >= 0.3 is 0 Å². The molecule has 192 valence electrons. The third-order valence-electron chi connectivity index (χ3n) is 8.73. The number of allylic oxidation sites excluding steroid dienone is 2. The highest BCUT2D eigenvalue weighted by atomic mass is 14.4. The van der Waals surface area contributed by atoms with Gasteiger partial charge in [0.2, 0.25) is 0 Å². The van der Waals surface area contributed by atoms with Crippen LogP contribution in [0.15, 0.2) is 65.7 Å². The first-order valence-electron chi connectivity index (χ1n) is 13.9. The molecular weight excluding hydrogens is 444 g/mol. The Hall–Kier alpha value is -2.86. The Morgan fingerprint density at radius 2 is 1.30 bits per heavy atom. The van der Waals surface area contributed by atoms with Gasteiger partial charge in [0.25, 0.3) is 0 Å². The predicted octanol–water partition coefficient (Wildman–Crippen LogP) is 10.4. The summed E-state index contributed by atoms with van der Waals surface area (Å²) in [4.78, 5) is 0. The average Bonchev–Trinajstić information content (AvgIpc) is 3.35. The van der Waals surface area contributed by atoms with E-state index >= 15 is 0 Å². The molecule has 3 aromatic carbocycles. The Bertz CT molecular complexity index is 1410. The number of fused-ring (bicyclic) bond motifs is 2. The van der Waals surface area contributed by atoms with Gasteiger partial charge in [-0.1, -0.05) is 133 Å². The van der Waals surface area contributed by atoms with Crippen molar-refractivity contribution in [3.63, 3.8) is 0 Å². The lowest BCUT2D eigenvalue weighted by Crippen LogP contribution is -2.28. The van der Waals surface area contributed by atoms with Crippen LogP contribution in [-0.4, -0.2) is 0 Å². The van der Waals surface area contributed by atoms with Crippen molar-refractivity contribution in [1.82, 2.24) is 0 Å². The smallest absolute Gasteiger partial charge is 0.0147 e. The van der Waals surface area contributed by atoms with Gasteiger partial charge in [0, 0.05) is 11.3 Å². The molecule has 37 heavy (non-hydrogen) atoms. The summed E-state index contributed by atoms with van der Waals surface area (Å²) in [5.41, 5.74) is 15.9. The number of hydrogen-bond donors (Lipinski definition) is 0. The lowest BCUT2D eigenvalue weighted by atomic mass is 9.67. The van der Waals surface area contributed by atoms with Crippen LogP contribution in [0.2, 0.25) is 0 Å². The zero-order valence-electron chi connectivity index (χ0n) is 24.6. The Labute approximate surface area is 225 Å². The molecule has 0 radical (unpaired) electrons. The van der Waals surface area contributed by atoms with Crippen LogP contribution < -0.4 is 0 Å². The van der Waals surface area contributed by atoms with Gasteiger partial charge in [0.05, 0.1) is 0 Å². The molecule has 2 aliphatic rings. The summed E-state index contributed by atoms with van der Waals surface area (Å²) in [5.74, 6) is 0.358. The molecule has 0 heterocycles. The fourth-order valence-electron chi connectivity index (χ4n) is 6.66. The minimum atomic E-state index is -0.0131. The molecule has 0 nitrogen and oxygen atoms in total. The summed E-state index contributed by atoms with van der Waals surface area (Å²) < 4.78 is 0. The summed E-state index contributed by atoms with van der Waals surface area (Å²) in [5, 5.41) is 0. The van der Waals surface area contributed by atoms with Gasteiger partial charge < -0.3 is 0 Å². The second kappa shape index (κ2) is 8.59. The van der Waals surface area contributed by atoms with Gasteiger partial charge in [-0.15, -0.1) is 0 Å². The molecular formula is C37H44. The second-order valence-electron chi connectivity index (χ2n) is 14.2. The van der Waals surface area contributed by atoms with Gasteiger partial charge in [-0.2, -0.15) is 0 Å². The fourth-order valence-corrected chi connectivity index (χ4v) is 6.66. The summed E-state index contributed by atoms with van der Waals surface area (Å²) >= 11 is 0. The van der Waals surface area contributed by atoms with E-state index in [1.165, 1.54) is 61.2 Å². The second-order valence-corrected chi connectivity index (χ2v) is 14.2. The van der Waals surface area contributed by atoms with Gasteiger partial charge in [0.15, 0.2) is 0 Å². The molecule has 0 aliphatic heterocycles. The van der Waals surface area contributed by atoms with Gasteiger partial charge in [-0.3, -0.25) is 0 Å². The van der Waals surface area contributed by atoms with Crippen LogP contribution in [0, 0.1) is 0 Å². The van der Waals surface area contributed by atoms with E-state index in [9.17, 15) is 0 Å². The minimum absolute atomic E-state index is 0.0131. The molecule has 0 amide bonds. The predicted molar refractivity (Wildman–Crippen MR) is 162 cm³/mol. The van der Waals surface area contributed by atoms with Crippen LogP contribution in [0.4, 0.5) is 0 Å². The topological polar surface area (TPSA) is 0 Å². The van der Waals surface area contributed by atoms with E-state index in [1.54, 1.807) is 0 Å². The molecule has 0 N–H and O–H groups in total. The largest absolute Gasteiger partial charge is 0.0683 e. The van der Waals surface area contributed by atoms with Crippen LogP contribution in [0.5, 0.6) is 0 Å². The number of hydrogen-bond acceptors (Lipinski definition) is 0. The molecule has 0 heteroatoms. The number of benzene rings is 3. The maximum absolute atomic E-state index is 2.47. The molecule has 0 fully saturated rings. The van der Waals surface area contributed by atoms with Crippen molar-refractivity contribution < 1.29 is 0 Å². The molecule has 0 saturated heterocycles. The van der Waals surface area contributed by atoms with Crippen molar-refractivity contribution in [3.8, 4) is 11.1 Å². The van der Waals surface area contributed by atoms with E-state index < -0.39 is 0 Å². The monoisotopic (exact) mass is 488 g/mol. The molecule has 0 aromatic heterocycles. The first-order valence-corrected chi connectivity index (χ1v) is 13.9. The summed E-state index contributed by atoms with van der Waals surface area (Å²) in [6, 6.07) is 21.2. The number of rotatable bonds is 3. The summed E-state index contributed by atoms with van der Waals surface area (Å²) in [7, 11) is 0. The third-order valence-corrected chi connectivity index (χ3v) is 8.73. The molecule has 2 aliphatic carbocycles. The van der Waals surface area contributed by atoms with Gasteiger partial charge in [-0.05, 0) is 81.2 Å². The highest BCUT2D eigenvalue weighted by molar-refractivity contribution is 5.83. The van der Waals surface area contributed by atoms with Crippen LogP contribution in [-0.2, 0) is 22.7 Å². The third kappa shape index (κ3) is 4.43. The van der Waals surface area contributed by atoms with Crippen LogP contribution in [0.1, 0.15) is 114 Å². The standard InChI is InChI=1S/C37H44/c1-23-17-25-13-11-16-33(31(25)18-23)37(9,10)34-24(2)19-32-29(14-12-15-30(32)34)26-20-27(35(3,4)5)22-28(21-26)36(6,7)8/h11-16,18-22,34H,17H2,1-10H3. The first-order chi connectivity index (χ1) is 17.2. The van der Waals surface area contributed by atoms with Crippen LogP contribution in [0.25, 0.3) is 23.3 Å². The molecule has 0 bridgehead atoms. The van der Waals surface area contributed by atoms with Crippen LogP contribution in [0.3, 0.4) is 0 Å². The molecule has 0 saturated carbocycles. The Morgan fingerprint density at radius 3 is 1.92 bits per heavy atom. The van der Waals surface area contributed by atoms with Crippen molar-refractivity contribution in [3.05, 3.63) is 105 Å². The Morgan fingerprint density at radius 1 is 0.676 bits per heavy atom. The van der Waals surface area contributed by atoms with E-state index in [1.807, 2.05) is 0 Å². The summed E-state index contributed by atoms with van der Waals surface area (Å²) in [6.07, 6.45) is 5.98. The Balaban J connectivity index is 1.67. The highest BCUT2D eigenvalue weighted by Gasteiger charge is 2.40. The zero-order chi connectivity index (χ0) is 26.9. The van der Waals surface area contributed by atoms with E-state index in [2.05, 4.69) is 136 Å². The van der Waals surface area contributed by atoms with E-state index in [-0.39, 0.29) is 16.2 Å². The van der Waals surface area contributed by atoms with Crippen molar-refractivity contribution >= 4 is 12.2 Å². The fraction of sp³-hybridized carbons (Fsp3) is 0.405. The van der Waals surface area contributed by atoms with Crippen molar-refractivity contribution in [1.29, 1.82) is 0 Å². The van der Waals surface area contributed by atoms with Crippen molar-refractivity contribution in [2.24, 2.45) is 0 Å². The van der Waals surface area contributed by atoms with Gasteiger partial charge in [0.1, 0.15) is 0 Å². The molecule has 1 atom stereocenters. The molecule has 0 spiro atoms. The molecule has 3 aromatic rings. The van der Waals surface area contributed by atoms with Crippen LogP contribution >= 0.6 is 0 Å². The molecule has 5 rings (SSSR count). The minimum Gasteiger partial charge on any atom is -0.0683 e. The van der Waals surface area contributed by atoms with Crippen molar-refractivity contribution in [2.45, 2.75) is 97.8 Å². The lowest BCUT2D eigenvalue weighted by Gasteiger charge is -2.36. The quantitative estimate of drug-likeness (QED) is 0.344. The SMILES string of the molecule is CC1=Cc2c(cccc2C(C)(C)C2C(C)=Cc3c(-c4cc(C(C)(C)C)cc(C(C)(C)C)c4)cccc32)C1. The first kappa shape index (κ1) is 25.8. The average molecular weight is 489 g/mol. The van der Waals surface area contributed by atoms with E-state index in [0.717, 1.165) is 6.42 Å². The zero-order valence-corrected chi connectivity index (χ0v) is 24.6. The van der Waals surface area contributed by atoms with Gasteiger partial charge in [-0.25, -0.2) is 0 Å².